The summed E-state index contributed by atoms with van der Waals surface area (Å²) in [6.45, 7) is 11.2. The third kappa shape index (κ3) is 5.32. The zero-order chi connectivity index (χ0) is 11.9. The summed E-state index contributed by atoms with van der Waals surface area (Å²) < 4.78 is 4.95. The van der Waals surface area contributed by atoms with Gasteiger partial charge in [-0.25, -0.2) is 0 Å². The van der Waals surface area contributed by atoms with Crippen molar-refractivity contribution in [3.63, 3.8) is 0 Å². The lowest BCUT2D eigenvalue weighted by atomic mass is 9.93. The van der Waals surface area contributed by atoms with Crippen LogP contribution in [0.4, 0.5) is 0 Å². The lowest BCUT2D eigenvalue weighted by Crippen LogP contribution is -2.40. The summed E-state index contributed by atoms with van der Waals surface area (Å²) >= 11 is 0. The highest BCUT2D eigenvalue weighted by Crippen LogP contribution is 2.19. The lowest BCUT2D eigenvalue weighted by Gasteiger charge is -2.30. The smallest absolute Gasteiger partial charge is 0.298 e. The van der Waals surface area contributed by atoms with Gasteiger partial charge in [-0.1, -0.05) is 13.8 Å². The molecule has 0 rings (SSSR count). The summed E-state index contributed by atoms with van der Waals surface area (Å²) in [7, 11) is 0.491. The van der Waals surface area contributed by atoms with Crippen LogP contribution in [0.5, 0.6) is 0 Å². The molecule has 0 unspecified atom stereocenters. The van der Waals surface area contributed by atoms with Gasteiger partial charge >= 0.3 is 0 Å². The largest absolute Gasteiger partial charge is 0.528 e. The second-order valence-corrected chi connectivity index (χ2v) is 5.06. The molecule has 3 nitrogen and oxygen atoms in total. The fourth-order valence-corrected chi connectivity index (χ4v) is 2.35. The molecule has 0 aromatic rings. The SMILES string of the molecule is CCCN(CCC)CC(C)(C)C(=O)O[SiH3]. The molecule has 0 aliphatic heterocycles. The van der Waals surface area contributed by atoms with Crippen molar-refractivity contribution in [1.29, 1.82) is 0 Å². The molecule has 0 aliphatic carbocycles. The first-order valence-electron chi connectivity index (χ1n) is 5.78. The molecule has 0 fully saturated rings. The molecule has 0 bridgehead atoms. The van der Waals surface area contributed by atoms with Gasteiger partial charge in [0, 0.05) is 6.54 Å². The molecule has 4 heteroatoms. The Bertz CT molecular complexity index is 189. The maximum absolute atomic E-state index is 11.6. The summed E-state index contributed by atoms with van der Waals surface area (Å²) in [6, 6.07) is 0. The van der Waals surface area contributed by atoms with Gasteiger partial charge in [0.05, 0.1) is 5.41 Å². The predicted octanol–water partition coefficient (Wildman–Crippen LogP) is 0.958. The minimum atomic E-state index is -0.369. The molecule has 0 aromatic carbocycles. The van der Waals surface area contributed by atoms with E-state index < -0.39 is 0 Å². The topological polar surface area (TPSA) is 29.5 Å². The Labute approximate surface area is 96.7 Å². The van der Waals surface area contributed by atoms with Crippen molar-refractivity contribution < 1.29 is 9.22 Å². The molecule has 0 amide bonds. The number of hydrogen-bond donors (Lipinski definition) is 0. The van der Waals surface area contributed by atoms with Crippen molar-refractivity contribution in [2.24, 2.45) is 5.41 Å². The zero-order valence-corrected chi connectivity index (χ0v) is 12.8. The fraction of sp³-hybridized carbons (Fsp3) is 0.909. The van der Waals surface area contributed by atoms with Gasteiger partial charge in [-0.15, -0.1) is 0 Å². The first-order chi connectivity index (χ1) is 6.97. The van der Waals surface area contributed by atoms with Gasteiger partial charge in [0.2, 0.25) is 10.5 Å². The van der Waals surface area contributed by atoms with Gasteiger partial charge in [-0.3, -0.25) is 4.79 Å². The zero-order valence-electron chi connectivity index (χ0n) is 10.8. The predicted molar refractivity (Wildman–Crippen MR) is 66.8 cm³/mol. The first kappa shape index (κ1) is 14.6. The molecule has 0 saturated heterocycles. The van der Waals surface area contributed by atoms with E-state index in [0.29, 0.717) is 10.5 Å². The summed E-state index contributed by atoms with van der Waals surface area (Å²) in [5.41, 5.74) is -0.369. The van der Waals surface area contributed by atoms with Gasteiger partial charge in [-0.05, 0) is 39.8 Å². The third-order valence-electron chi connectivity index (χ3n) is 2.44. The summed E-state index contributed by atoms with van der Waals surface area (Å²) in [4.78, 5) is 13.9. The quantitative estimate of drug-likeness (QED) is 0.611. The Morgan fingerprint density at radius 3 is 2.07 bits per heavy atom. The molecule has 15 heavy (non-hydrogen) atoms. The van der Waals surface area contributed by atoms with Crippen LogP contribution < -0.4 is 0 Å². The van der Waals surface area contributed by atoms with Crippen molar-refractivity contribution in [3.05, 3.63) is 0 Å². The minimum absolute atomic E-state index is 0.0635. The van der Waals surface area contributed by atoms with Crippen LogP contribution in [-0.4, -0.2) is 41.0 Å². The summed E-state index contributed by atoms with van der Waals surface area (Å²) in [6.07, 6.45) is 2.26. The average molecular weight is 231 g/mol. The molecule has 0 atom stereocenters. The molecule has 0 radical (unpaired) electrons. The highest BCUT2D eigenvalue weighted by Gasteiger charge is 2.30. The highest BCUT2D eigenvalue weighted by molar-refractivity contribution is 6.06. The Morgan fingerprint density at radius 1 is 1.27 bits per heavy atom. The molecule has 0 aliphatic rings. The van der Waals surface area contributed by atoms with Gasteiger partial charge < -0.3 is 9.33 Å². The number of carbonyl (C=O) groups is 1. The maximum atomic E-state index is 11.6. The van der Waals surface area contributed by atoms with E-state index in [2.05, 4.69) is 18.7 Å². The molecule has 0 heterocycles. The molecule has 0 aromatic heterocycles. The number of nitrogens with zero attached hydrogens (tertiary/aromatic N) is 1. The third-order valence-corrected chi connectivity index (χ3v) is 2.81. The second kappa shape index (κ2) is 7.01. The van der Waals surface area contributed by atoms with Crippen LogP contribution in [-0.2, 0) is 9.22 Å². The van der Waals surface area contributed by atoms with Gasteiger partial charge in [0.25, 0.3) is 5.97 Å². The van der Waals surface area contributed by atoms with Gasteiger partial charge in [0.1, 0.15) is 0 Å². The van der Waals surface area contributed by atoms with E-state index in [1.807, 2.05) is 13.8 Å². The van der Waals surface area contributed by atoms with Crippen molar-refractivity contribution >= 4 is 16.5 Å². The minimum Gasteiger partial charge on any atom is -0.528 e. The van der Waals surface area contributed by atoms with Crippen LogP contribution >= 0.6 is 0 Å². The van der Waals surface area contributed by atoms with Crippen LogP contribution in [0.2, 0.25) is 0 Å². The molecule has 90 valence electrons. The number of carbonyl (C=O) groups excluding carboxylic acids is 1. The second-order valence-electron chi connectivity index (χ2n) is 4.65. The molecule has 0 saturated carbocycles. The van der Waals surface area contributed by atoms with E-state index >= 15 is 0 Å². The Hall–Kier alpha value is -0.353. The standard InChI is InChI=1S/C11H25NO2Si/c1-5-7-12(8-6-2)9-11(3,4)10(13)14-15/h5-9H2,1-4,15H3. The van der Waals surface area contributed by atoms with Crippen molar-refractivity contribution in [2.45, 2.75) is 40.5 Å². The van der Waals surface area contributed by atoms with E-state index in [1.165, 1.54) is 0 Å². The van der Waals surface area contributed by atoms with Crippen LogP contribution in [0, 0.1) is 5.41 Å². The van der Waals surface area contributed by atoms with E-state index in [1.54, 1.807) is 0 Å². The monoisotopic (exact) mass is 231 g/mol. The Balaban J connectivity index is 4.29. The first-order valence-corrected chi connectivity index (χ1v) is 6.60. The van der Waals surface area contributed by atoms with E-state index in [0.717, 1.165) is 32.5 Å². The normalized spacial score (nSPS) is 12.1. The summed E-state index contributed by atoms with van der Waals surface area (Å²) in [5.74, 6) is -0.0635. The molecular weight excluding hydrogens is 206 g/mol. The fourth-order valence-electron chi connectivity index (χ4n) is 1.80. The van der Waals surface area contributed by atoms with Crippen LogP contribution in [0.25, 0.3) is 0 Å². The Kier molecular flexibility index (Phi) is 6.84. The van der Waals surface area contributed by atoms with Gasteiger partial charge in [0.15, 0.2) is 0 Å². The van der Waals surface area contributed by atoms with Crippen LogP contribution in [0.3, 0.4) is 0 Å². The molecule has 0 spiro atoms. The van der Waals surface area contributed by atoms with Crippen LogP contribution in [0.1, 0.15) is 40.5 Å². The van der Waals surface area contributed by atoms with E-state index in [9.17, 15) is 4.79 Å². The van der Waals surface area contributed by atoms with E-state index in [4.69, 9.17) is 4.43 Å². The van der Waals surface area contributed by atoms with Gasteiger partial charge in [-0.2, -0.15) is 0 Å². The molecule has 0 N–H and O–H groups in total. The average Bonchev–Trinajstić information content (AvgIpc) is 2.16. The molecular formula is C11H25NO2Si. The summed E-state index contributed by atoms with van der Waals surface area (Å²) in [5, 5.41) is 0. The lowest BCUT2D eigenvalue weighted by molar-refractivity contribution is -0.144. The van der Waals surface area contributed by atoms with Crippen molar-refractivity contribution in [3.8, 4) is 0 Å². The van der Waals surface area contributed by atoms with E-state index in [-0.39, 0.29) is 11.4 Å². The highest BCUT2D eigenvalue weighted by atomic mass is 28.2. The van der Waals surface area contributed by atoms with Crippen LogP contribution in [0.15, 0.2) is 0 Å². The maximum Gasteiger partial charge on any atom is 0.298 e. The number of hydrogen-bond acceptors (Lipinski definition) is 3. The Morgan fingerprint density at radius 2 is 1.73 bits per heavy atom. The number of rotatable bonds is 7. The van der Waals surface area contributed by atoms with Crippen molar-refractivity contribution in [2.75, 3.05) is 19.6 Å². The van der Waals surface area contributed by atoms with Crippen molar-refractivity contribution in [1.82, 2.24) is 4.90 Å².